The third kappa shape index (κ3) is 6.03. The molecule has 0 unspecified atom stereocenters. The summed E-state index contributed by atoms with van der Waals surface area (Å²) in [6.07, 6.45) is 1.35. The summed E-state index contributed by atoms with van der Waals surface area (Å²) in [5.41, 5.74) is 1.35. The zero-order valence-electron chi connectivity index (χ0n) is 14.8. The zero-order chi connectivity index (χ0) is 20.9. The smallest absolute Gasteiger partial charge is 0.276 e. The van der Waals surface area contributed by atoms with Gasteiger partial charge in [-0.3, -0.25) is 0 Å². The van der Waals surface area contributed by atoms with Gasteiger partial charge in [0.05, 0.1) is 11.1 Å². The fourth-order valence-corrected chi connectivity index (χ4v) is 3.62. The van der Waals surface area contributed by atoms with Crippen LogP contribution in [0.15, 0.2) is 81.2 Å². The maximum atomic E-state index is 13.0. The lowest BCUT2D eigenvalue weighted by Gasteiger charge is -2.10. The van der Waals surface area contributed by atoms with E-state index in [1.807, 2.05) is 0 Å². The Morgan fingerprint density at radius 1 is 1.07 bits per heavy atom. The zero-order valence-corrected chi connectivity index (χ0v) is 18.0. The molecule has 0 aliphatic rings. The summed E-state index contributed by atoms with van der Waals surface area (Å²) in [6, 6.07) is 16.9. The van der Waals surface area contributed by atoms with Crippen molar-refractivity contribution in [2.75, 3.05) is 0 Å². The molecule has 0 aromatic heterocycles. The molecule has 0 atom stereocenters. The Kier molecular flexibility index (Phi) is 6.89. The van der Waals surface area contributed by atoms with Gasteiger partial charge in [-0.1, -0.05) is 39.7 Å². The lowest BCUT2D eigenvalue weighted by Crippen LogP contribution is -2.18. The maximum absolute atomic E-state index is 13.0. The fourth-order valence-electron chi connectivity index (χ4n) is 2.33. The number of hydrazone groups is 1. The van der Waals surface area contributed by atoms with Gasteiger partial charge in [0.25, 0.3) is 10.0 Å². The van der Waals surface area contributed by atoms with E-state index in [9.17, 15) is 12.8 Å². The first-order chi connectivity index (χ1) is 13.8. The normalized spacial score (nSPS) is 11.6. The van der Waals surface area contributed by atoms with Crippen LogP contribution < -0.4 is 9.57 Å². The number of nitrogens with zero attached hydrogens (tertiary/aromatic N) is 1. The van der Waals surface area contributed by atoms with Crippen LogP contribution in [0.3, 0.4) is 0 Å². The SMILES string of the molecule is O=S(=O)(N/N=C\c1cc(Br)ccc1OCc1ccc(F)cc1)c1ccc(Cl)cc1. The van der Waals surface area contributed by atoms with E-state index in [1.54, 1.807) is 30.3 Å². The monoisotopic (exact) mass is 496 g/mol. The van der Waals surface area contributed by atoms with Crippen molar-refractivity contribution in [2.45, 2.75) is 11.5 Å². The van der Waals surface area contributed by atoms with Crippen LogP contribution in [0.5, 0.6) is 5.75 Å². The van der Waals surface area contributed by atoms with Crippen LogP contribution in [0, 0.1) is 5.82 Å². The molecule has 0 amide bonds. The van der Waals surface area contributed by atoms with Crippen molar-refractivity contribution in [3.8, 4) is 5.75 Å². The number of hydrogen-bond donors (Lipinski definition) is 1. The number of benzene rings is 3. The number of nitrogens with one attached hydrogen (secondary N) is 1. The van der Waals surface area contributed by atoms with Crippen molar-refractivity contribution in [2.24, 2.45) is 5.10 Å². The van der Waals surface area contributed by atoms with Gasteiger partial charge in [-0.15, -0.1) is 0 Å². The van der Waals surface area contributed by atoms with Crippen LogP contribution in [0.2, 0.25) is 5.02 Å². The first-order valence-electron chi connectivity index (χ1n) is 8.31. The van der Waals surface area contributed by atoms with Gasteiger partial charge in [0.1, 0.15) is 18.2 Å². The largest absolute Gasteiger partial charge is 0.488 e. The van der Waals surface area contributed by atoms with Gasteiger partial charge in [0, 0.05) is 15.1 Å². The predicted molar refractivity (Wildman–Crippen MR) is 114 cm³/mol. The molecule has 29 heavy (non-hydrogen) atoms. The molecule has 0 saturated heterocycles. The summed E-state index contributed by atoms with van der Waals surface area (Å²) in [5, 5.41) is 4.27. The van der Waals surface area contributed by atoms with Crippen LogP contribution in [0.1, 0.15) is 11.1 Å². The van der Waals surface area contributed by atoms with Gasteiger partial charge >= 0.3 is 0 Å². The van der Waals surface area contributed by atoms with E-state index in [0.29, 0.717) is 16.3 Å². The molecule has 0 bridgehead atoms. The minimum atomic E-state index is -3.82. The molecule has 0 spiro atoms. The van der Waals surface area contributed by atoms with Crippen LogP contribution >= 0.6 is 27.5 Å². The van der Waals surface area contributed by atoms with E-state index in [4.69, 9.17) is 16.3 Å². The highest BCUT2D eigenvalue weighted by molar-refractivity contribution is 9.10. The van der Waals surface area contributed by atoms with Crippen molar-refractivity contribution >= 4 is 43.8 Å². The molecule has 9 heteroatoms. The van der Waals surface area contributed by atoms with Gasteiger partial charge in [-0.05, 0) is 60.2 Å². The Bertz CT molecular complexity index is 1120. The number of halogens is 3. The van der Waals surface area contributed by atoms with E-state index >= 15 is 0 Å². The van der Waals surface area contributed by atoms with Gasteiger partial charge in [-0.2, -0.15) is 13.5 Å². The van der Waals surface area contributed by atoms with Gasteiger partial charge in [0.15, 0.2) is 0 Å². The third-order valence-corrected chi connectivity index (χ3v) is 5.76. The minimum absolute atomic E-state index is 0.0427. The second-order valence-corrected chi connectivity index (χ2v) is 8.92. The molecule has 3 rings (SSSR count). The number of ether oxygens (including phenoxy) is 1. The molecule has 0 heterocycles. The molecule has 5 nitrogen and oxygen atoms in total. The Labute approximate surface area is 181 Å². The van der Waals surface area contributed by atoms with E-state index < -0.39 is 10.0 Å². The highest BCUT2D eigenvalue weighted by atomic mass is 79.9. The summed E-state index contributed by atoms with van der Waals surface area (Å²) in [4.78, 5) is 2.20. The summed E-state index contributed by atoms with van der Waals surface area (Å²) in [5.74, 6) is 0.171. The summed E-state index contributed by atoms with van der Waals surface area (Å²) in [7, 11) is -3.82. The highest BCUT2D eigenvalue weighted by Gasteiger charge is 2.12. The lowest BCUT2D eigenvalue weighted by molar-refractivity contribution is 0.305. The molecular formula is C20H15BrClFN2O3S. The van der Waals surface area contributed by atoms with Crippen LogP contribution in [0.25, 0.3) is 0 Å². The highest BCUT2D eigenvalue weighted by Crippen LogP contribution is 2.23. The van der Waals surface area contributed by atoms with Gasteiger partial charge in [-0.25, -0.2) is 9.22 Å². The average Bonchev–Trinajstić information content (AvgIpc) is 2.69. The van der Waals surface area contributed by atoms with Crippen molar-refractivity contribution in [1.82, 2.24) is 4.83 Å². The standard InChI is InChI=1S/C20H15BrClFN2O3S/c21-16-3-10-20(28-13-14-1-6-18(23)7-2-14)15(11-16)12-24-25-29(26,27)19-8-4-17(22)5-9-19/h1-12,25H,13H2/b24-12-. The van der Waals surface area contributed by atoms with Gasteiger partial charge in [0.2, 0.25) is 0 Å². The number of rotatable bonds is 7. The molecule has 0 fully saturated rings. The Morgan fingerprint density at radius 3 is 2.45 bits per heavy atom. The molecule has 150 valence electrons. The quantitative estimate of drug-likeness (QED) is 0.363. The molecule has 0 aliphatic heterocycles. The maximum Gasteiger partial charge on any atom is 0.276 e. The topological polar surface area (TPSA) is 67.8 Å². The van der Waals surface area contributed by atoms with Crippen LogP contribution in [-0.4, -0.2) is 14.6 Å². The molecular weight excluding hydrogens is 483 g/mol. The molecule has 3 aromatic rings. The van der Waals surface area contributed by atoms with Crippen molar-refractivity contribution in [3.05, 3.63) is 93.2 Å². The van der Waals surface area contributed by atoms with Crippen molar-refractivity contribution < 1.29 is 17.5 Å². The Hall–Kier alpha value is -2.42. The summed E-state index contributed by atoms with van der Waals surface area (Å²) < 4.78 is 44.1. The first-order valence-corrected chi connectivity index (χ1v) is 11.0. The van der Waals surface area contributed by atoms with Gasteiger partial charge < -0.3 is 4.74 Å². The second-order valence-electron chi connectivity index (χ2n) is 5.90. The molecule has 3 aromatic carbocycles. The number of sulfonamides is 1. The summed E-state index contributed by atoms with van der Waals surface area (Å²) >= 11 is 9.14. The van der Waals surface area contributed by atoms with E-state index in [0.717, 1.165) is 10.0 Å². The first kappa shape index (κ1) is 21.3. The van der Waals surface area contributed by atoms with Crippen LogP contribution in [0.4, 0.5) is 4.39 Å². The molecule has 1 N–H and O–H groups in total. The third-order valence-electron chi connectivity index (χ3n) is 3.78. The molecule has 0 saturated carbocycles. The van der Waals surface area contributed by atoms with E-state index in [1.165, 1.54) is 42.6 Å². The fraction of sp³-hybridized carbons (Fsp3) is 0.0500. The lowest BCUT2D eigenvalue weighted by atomic mass is 10.2. The summed E-state index contributed by atoms with van der Waals surface area (Å²) in [6.45, 7) is 0.221. The minimum Gasteiger partial charge on any atom is -0.488 e. The Morgan fingerprint density at radius 2 is 1.76 bits per heavy atom. The van der Waals surface area contributed by atoms with E-state index in [2.05, 4.69) is 25.9 Å². The predicted octanol–water partition coefficient (Wildman–Crippen LogP) is 5.13. The molecule has 0 aliphatic carbocycles. The number of hydrogen-bond acceptors (Lipinski definition) is 4. The van der Waals surface area contributed by atoms with E-state index in [-0.39, 0.29) is 17.3 Å². The Balaban J connectivity index is 1.73. The van der Waals surface area contributed by atoms with Crippen molar-refractivity contribution in [1.29, 1.82) is 0 Å². The average molecular weight is 498 g/mol. The second kappa shape index (κ2) is 9.39. The van der Waals surface area contributed by atoms with Crippen LogP contribution in [-0.2, 0) is 16.6 Å². The molecule has 0 radical (unpaired) electrons. The van der Waals surface area contributed by atoms with Crippen molar-refractivity contribution in [3.63, 3.8) is 0 Å².